The van der Waals surface area contributed by atoms with E-state index in [-0.39, 0.29) is 24.2 Å². The molecule has 2 aromatic rings. The fraction of sp³-hybridized carbons (Fsp3) is 0.300. The normalized spacial score (nSPS) is 10.4. The van der Waals surface area contributed by atoms with E-state index in [1.165, 1.54) is 17.9 Å². The molecule has 0 aliphatic rings. The van der Waals surface area contributed by atoms with Crippen LogP contribution in [0.25, 0.3) is 0 Å². The number of rotatable bonds is 7. The van der Waals surface area contributed by atoms with Crippen molar-refractivity contribution < 1.29 is 14.0 Å². The summed E-state index contributed by atoms with van der Waals surface area (Å²) in [6, 6.07) is 14.2. The summed E-state index contributed by atoms with van der Waals surface area (Å²) in [4.78, 5) is 25.3. The number of nitrogens with one attached hydrogen (secondary N) is 1. The Morgan fingerprint density at radius 3 is 2.40 bits per heavy atom. The fourth-order valence-electron chi connectivity index (χ4n) is 2.46. The van der Waals surface area contributed by atoms with Crippen LogP contribution in [0.2, 0.25) is 0 Å². The summed E-state index contributed by atoms with van der Waals surface area (Å²) in [5.41, 5.74) is 2.55. The maximum absolute atomic E-state index is 13.7. The van der Waals surface area contributed by atoms with Crippen molar-refractivity contribution >= 4 is 11.8 Å². The van der Waals surface area contributed by atoms with Crippen molar-refractivity contribution in [2.75, 3.05) is 13.1 Å². The van der Waals surface area contributed by atoms with Gasteiger partial charge in [0.05, 0.1) is 6.42 Å². The van der Waals surface area contributed by atoms with Crippen LogP contribution in [0.1, 0.15) is 23.6 Å². The predicted molar refractivity (Wildman–Crippen MR) is 95.4 cm³/mol. The van der Waals surface area contributed by atoms with Crippen molar-refractivity contribution in [2.24, 2.45) is 0 Å². The third kappa shape index (κ3) is 6.03. The Kier molecular flexibility index (Phi) is 6.69. The Morgan fingerprint density at radius 2 is 1.76 bits per heavy atom. The van der Waals surface area contributed by atoms with E-state index in [0.29, 0.717) is 25.1 Å². The van der Waals surface area contributed by atoms with Gasteiger partial charge in [0.15, 0.2) is 0 Å². The van der Waals surface area contributed by atoms with Crippen LogP contribution in [0.3, 0.4) is 0 Å². The van der Waals surface area contributed by atoms with E-state index in [1.807, 2.05) is 31.2 Å². The number of hydrogen-bond donors (Lipinski definition) is 1. The fourth-order valence-corrected chi connectivity index (χ4v) is 2.46. The van der Waals surface area contributed by atoms with Crippen LogP contribution in [-0.4, -0.2) is 29.8 Å². The Balaban J connectivity index is 1.82. The molecule has 2 aromatic carbocycles. The molecule has 0 fully saturated rings. The van der Waals surface area contributed by atoms with Gasteiger partial charge in [0, 0.05) is 32.1 Å². The van der Waals surface area contributed by atoms with Gasteiger partial charge in [-0.05, 0) is 18.6 Å². The molecule has 4 nitrogen and oxygen atoms in total. The first-order chi connectivity index (χ1) is 12.0. The molecular formula is C20H23FN2O2. The minimum Gasteiger partial charge on any atom is -0.354 e. The second-order valence-electron chi connectivity index (χ2n) is 6.04. The first-order valence-electron chi connectivity index (χ1n) is 8.27. The highest BCUT2D eigenvalue weighted by atomic mass is 19.1. The zero-order valence-electron chi connectivity index (χ0n) is 14.6. The van der Waals surface area contributed by atoms with Crippen LogP contribution in [0.4, 0.5) is 4.39 Å². The van der Waals surface area contributed by atoms with Crippen molar-refractivity contribution in [1.82, 2.24) is 10.2 Å². The van der Waals surface area contributed by atoms with E-state index in [9.17, 15) is 14.0 Å². The molecule has 1 N–H and O–H groups in total. The summed E-state index contributed by atoms with van der Waals surface area (Å²) in [5.74, 6) is -0.591. The van der Waals surface area contributed by atoms with Crippen molar-refractivity contribution in [2.45, 2.75) is 26.8 Å². The summed E-state index contributed by atoms with van der Waals surface area (Å²) in [7, 11) is 0. The molecule has 132 valence electrons. The standard InChI is InChI=1S/C20H23FN2O2/c1-15-7-9-17(10-8-15)13-20(25)22-11-12-23(16(2)24)14-18-5-3-4-6-19(18)21/h3-10H,11-14H2,1-2H3,(H,22,25). The lowest BCUT2D eigenvalue weighted by Crippen LogP contribution is -2.37. The molecule has 0 bridgehead atoms. The summed E-state index contributed by atoms with van der Waals surface area (Å²) in [5, 5.41) is 2.80. The molecular weight excluding hydrogens is 319 g/mol. The van der Waals surface area contributed by atoms with Gasteiger partial charge >= 0.3 is 0 Å². The number of aryl methyl sites for hydroxylation is 1. The Hall–Kier alpha value is -2.69. The average Bonchev–Trinajstić information content (AvgIpc) is 2.57. The highest BCUT2D eigenvalue weighted by molar-refractivity contribution is 5.78. The summed E-state index contributed by atoms with van der Waals surface area (Å²) < 4.78 is 13.7. The first-order valence-corrected chi connectivity index (χ1v) is 8.27. The molecule has 5 heteroatoms. The van der Waals surface area contributed by atoms with E-state index < -0.39 is 0 Å². The summed E-state index contributed by atoms with van der Waals surface area (Å²) in [6.07, 6.45) is 0.299. The number of halogens is 1. The van der Waals surface area contributed by atoms with Crippen LogP contribution in [0.5, 0.6) is 0 Å². The minimum atomic E-state index is -0.336. The van der Waals surface area contributed by atoms with Gasteiger partial charge in [-0.3, -0.25) is 9.59 Å². The maximum Gasteiger partial charge on any atom is 0.224 e. The Bertz CT molecular complexity index is 729. The summed E-state index contributed by atoms with van der Waals surface area (Å²) in [6.45, 7) is 4.29. The zero-order chi connectivity index (χ0) is 18.2. The van der Waals surface area contributed by atoms with Gasteiger partial charge in [-0.1, -0.05) is 48.0 Å². The lowest BCUT2D eigenvalue weighted by molar-refractivity contribution is -0.130. The number of carbonyl (C=O) groups is 2. The van der Waals surface area contributed by atoms with Crippen molar-refractivity contribution in [3.63, 3.8) is 0 Å². The molecule has 0 unspecified atom stereocenters. The lowest BCUT2D eigenvalue weighted by Gasteiger charge is -2.21. The minimum absolute atomic E-state index is 0.0988. The molecule has 0 radical (unpaired) electrons. The molecule has 0 aromatic heterocycles. The monoisotopic (exact) mass is 342 g/mol. The maximum atomic E-state index is 13.7. The molecule has 2 amide bonds. The molecule has 2 rings (SSSR count). The molecule has 0 aliphatic heterocycles. The van der Waals surface area contributed by atoms with Gasteiger partial charge in [-0.15, -0.1) is 0 Å². The predicted octanol–water partition coefficient (Wildman–Crippen LogP) is 2.84. The molecule has 0 heterocycles. The van der Waals surface area contributed by atoms with Crippen molar-refractivity contribution in [3.05, 3.63) is 71.0 Å². The van der Waals surface area contributed by atoms with E-state index in [4.69, 9.17) is 0 Å². The van der Waals surface area contributed by atoms with Crippen LogP contribution < -0.4 is 5.32 Å². The molecule has 0 spiro atoms. The van der Waals surface area contributed by atoms with Crippen LogP contribution in [-0.2, 0) is 22.6 Å². The van der Waals surface area contributed by atoms with Crippen LogP contribution in [0, 0.1) is 12.7 Å². The van der Waals surface area contributed by atoms with E-state index in [1.54, 1.807) is 18.2 Å². The number of nitrogens with zero attached hydrogens (tertiary/aromatic N) is 1. The Morgan fingerprint density at radius 1 is 1.08 bits per heavy atom. The Labute approximate surface area is 147 Å². The van der Waals surface area contributed by atoms with Gasteiger partial charge in [0.25, 0.3) is 0 Å². The van der Waals surface area contributed by atoms with Gasteiger partial charge < -0.3 is 10.2 Å². The number of carbonyl (C=O) groups excluding carboxylic acids is 2. The van der Waals surface area contributed by atoms with Crippen LogP contribution >= 0.6 is 0 Å². The largest absolute Gasteiger partial charge is 0.354 e. The average molecular weight is 342 g/mol. The number of hydrogen-bond acceptors (Lipinski definition) is 2. The molecule has 0 atom stereocenters. The van der Waals surface area contributed by atoms with Gasteiger partial charge in [-0.2, -0.15) is 0 Å². The van der Waals surface area contributed by atoms with Crippen molar-refractivity contribution in [1.29, 1.82) is 0 Å². The smallest absolute Gasteiger partial charge is 0.224 e. The SMILES string of the molecule is CC(=O)N(CCNC(=O)Cc1ccc(C)cc1)Cc1ccccc1F. The number of benzene rings is 2. The molecule has 25 heavy (non-hydrogen) atoms. The van der Waals surface area contributed by atoms with E-state index in [0.717, 1.165) is 11.1 Å². The first kappa shape index (κ1) is 18.6. The van der Waals surface area contributed by atoms with E-state index in [2.05, 4.69) is 5.32 Å². The van der Waals surface area contributed by atoms with Gasteiger partial charge in [-0.25, -0.2) is 4.39 Å². The quantitative estimate of drug-likeness (QED) is 0.841. The van der Waals surface area contributed by atoms with Gasteiger partial charge in [0.2, 0.25) is 11.8 Å². The van der Waals surface area contributed by atoms with E-state index >= 15 is 0 Å². The highest BCUT2D eigenvalue weighted by Gasteiger charge is 2.12. The molecule has 0 aliphatic carbocycles. The topological polar surface area (TPSA) is 49.4 Å². The summed E-state index contributed by atoms with van der Waals surface area (Å²) >= 11 is 0. The molecule has 0 saturated carbocycles. The third-order valence-electron chi connectivity index (χ3n) is 3.95. The van der Waals surface area contributed by atoms with Gasteiger partial charge in [0.1, 0.15) is 5.82 Å². The lowest BCUT2D eigenvalue weighted by atomic mass is 10.1. The second kappa shape index (κ2) is 8.97. The second-order valence-corrected chi connectivity index (χ2v) is 6.04. The van der Waals surface area contributed by atoms with Crippen LogP contribution in [0.15, 0.2) is 48.5 Å². The zero-order valence-corrected chi connectivity index (χ0v) is 14.6. The highest BCUT2D eigenvalue weighted by Crippen LogP contribution is 2.10. The molecule has 0 saturated heterocycles. The number of amides is 2. The third-order valence-corrected chi connectivity index (χ3v) is 3.95. The van der Waals surface area contributed by atoms with Crippen molar-refractivity contribution in [3.8, 4) is 0 Å².